The molecular weight excluding hydrogens is 260 g/mol. The van der Waals surface area contributed by atoms with Gasteiger partial charge >= 0.3 is 0 Å². The third-order valence-electron chi connectivity index (χ3n) is 3.72. The molecule has 19 heavy (non-hydrogen) atoms. The number of aromatic nitrogens is 2. The standard InChI is InChI=1S/C14H25ClN4/c1-2-3-7-13-17-12(14(15)18-13)10-19-8-5-4-6-11(16)9-19/h11H,2-10,16H2,1H3,(H,17,18). The largest absolute Gasteiger partial charge is 0.344 e. The number of nitrogens with zero attached hydrogens (tertiary/aromatic N) is 2. The maximum atomic E-state index is 6.22. The smallest absolute Gasteiger partial charge is 0.151 e. The number of unbranched alkanes of at least 4 members (excludes halogenated alkanes) is 1. The molecule has 2 rings (SSSR count). The van der Waals surface area contributed by atoms with Crippen molar-refractivity contribution in [3.63, 3.8) is 0 Å². The monoisotopic (exact) mass is 284 g/mol. The molecule has 0 bridgehead atoms. The van der Waals surface area contributed by atoms with Crippen molar-refractivity contribution in [2.45, 2.75) is 58.0 Å². The number of imidazole rings is 1. The summed E-state index contributed by atoms with van der Waals surface area (Å²) in [4.78, 5) is 10.2. The Morgan fingerprint density at radius 2 is 2.32 bits per heavy atom. The Kier molecular flexibility index (Phi) is 5.67. The molecule has 0 aromatic carbocycles. The Labute approximate surface area is 120 Å². The topological polar surface area (TPSA) is 57.9 Å². The van der Waals surface area contributed by atoms with Gasteiger partial charge in [0.25, 0.3) is 0 Å². The summed E-state index contributed by atoms with van der Waals surface area (Å²) in [6.45, 7) is 5.09. The normalized spacial score (nSPS) is 21.5. The van der Waals surface area contributed by atoms with E-state index in [9.17, 15) is 0 Å². The number of nitrogens with one attached hydrogen (secondary N) is 1. The van der Waals surface area contributed by atoms with Crippen LogP contribution in [0.25, 0.3) is 0 Å². The molecule has 1 fully saturated rings. The van der Waals surface area contributed by atoms with Gasteiger partial charge in [-0.15, -0.1) is 0 Å². The molecule has 1 aliphatic rings. The maximum Gasteiger partial charge on any atom is 0.151 e. The lowest BCUT2D eigenvalue weighted by Gasteiger charge is -2.21. The SMILES string of the molecule is CCCCc1nc(Cl)c(CN2CCCCC(N)C2)[nH]1. The minimum absolute atomic E-state index is 0.295. The summed E-state index contributed by atoms with van der Waals surface area (Å²) in [5.74, 6) is 1.01. The van der Waals surface area contributed by atoms with Crippen LogP contribution < -0.4 is 5.73 Å². The van der Waals surface area contributed by atoms with E-state index in [2.05, 4.69) is 21.8 Å². The lowest BCUT2D eigenvalue weighted by molar-refractivity contribution is 0.262. The van der Waals surface area contributed by atoms with Crippen molar-refractivity contribution in [3.8, 4) is 0 Å². The van der Waals surface area contributed by atoms with Crippen LogP contribution in [-0.4, -0.2) is 34.0 Å². The van der Waals surface area contributed by atoms with Crippen LogP contribution in [0.4, 0.5) is 0 Å². The van der Waals surface area contributed by atoms with Gasteiger partial charge in [0.05, 0.1) is 5.69 Å². The van der Waals surface area contributed by atoms with Gasteiger partial charge in [0.1, 0.15) is 5.82 Å². The zero-order chi connectivity index (χ0) is 13.7. The lowest BCUT2D eigenvalue weighted by Crippen LogP contribution is -2.35. The van der Waals surface area contributed by atoms with Crippen molar-refractivity contribution < 1.29 is 0 Å². The highest BCUT2D eigenvalue weighted by Gasteiger charge is 2.17. The minimum Gasteiger partial charge on any atom is -0.344 e. The van der Waals surface area contributed by atoms with Gasteiger partial charge in [-0.1, -0.05) is 31.4 Å². The number of H-pyrrole nitrogens is 1. The molecule has 0 spiro atoms. The van der Waals surface area contributed by atoms with Gasteiger partial charge in [0.15, 0.2) is 5.15 Å². The van der Waals surface area contributed by atoms with Crippen molar-refractivity contribution >= 4 is 11.6 Å². The summed E-state index contributed by atoms with van der Waals surface area (Å²) in [6, 6.07) is 0.295. The second-order valence-corrected chi connectivity index (χ2v) is 5.91. The number of likely N-dealkylation sites (tertiary alicyclic amines) is 1. The number of aromatic amines is 1. The second kappa shape index (κ2) is 7.27. The number of halogens is 1. The zero-order valence-corrected chi connectivity index (χ0v) is 12.5. The van der Waals surface area contributed by atoms with Crippen molar-refractivity contribution in [2.24, 2.45) is 5.73 Å². The predicted octanol–water partition coefficient (Wildman–Crippen LogP) is 2.72. The first kappa shape index (κ1) is 14.8. The fourth-order valence-electron chi connectivity index (χ4n) is 2.63. The van der Waals surface area contributed by atoms with E-state index in [-0.39, 0.29) is 0 Å². The molecule has 0 aliphatic carbocycles. The van der Waals surface area contributed by atoms with E-state index >= 15 is 0 Å². The Hall–Kier alpha value is -0.580. The van der Waals surface area contributed by atoms with Crippen molar-refractivity contribution in [2.75, 3.05) is 13.1 Å². The molecule has 1 aromatic rings. The van der Waals surface area contributed by atoms with Crippen LogP contribution >= 0.6 is 11.6 Å². The average Bonchev–Trinajstić information content (AvgIpc) is 2.58. The lowest BCUT2D eigenvalue weighted by atomic mass is 10.2. The minimum atomic E-state index is 0.295. The van der Waals surface area contributed by atoms with E-state index in [1.54, 1.807) is 0 Å². The third-order valence-corrected chi connectivity index (χ3v) is 4.03. The summed E-state index contributed by atoms with van der Waals surface area (Å²) in [7, 11) is 0. The highest BCUT2D eigenvalue weighted by molar-refractivity contribution is 6.30. The van der Waals surface area contributed by atoms with Crippen LogP contribution in [0, 0.1) is 0 Å². The summed E-state index contributed by atoms with van der Waals surface area (Å²) < 4.78 is 0. The summed E-state index contributed by atoms with van der Waals surface area (Å²) >= 11 is 6.22. The Balaban J connectivity index is 1.95. The van der Waals surface area contributed by atoms with Crippen LogP contribution in [-0.2, 0) is 13.0 Å². The average molecular weight is 285 g/mol. The summed E-state index contributed by atoms with van der Waals surface area (Å²) in [6.07, 6.45) is 6.90. The first-order chi connectivity index (χ1) is 9.19. The van der Waals surface area contributed by atoms with E-state index in [1.165, 1.54) is 19.3 Å². The van der Waals surface area contributed by atoms with Gasteiger partial charge in [0.2, 0.25) is 0 Å². The number of hydrogen-bond donors (Lipinski definition) is 2. The molecule has 0 amide bonds. The first-order valence-electron chi connectivity index (χ1n) is 7.40. The molecule has 1 aromatic heterocycles. The third kappa shape index (κ3) is 4.48. The number of aryl methyl sites for hydroxylation is 1. The Morgan fingerprint density at radius 3 is 3.11 bits per heavy atom. The Bertz CT molecular complexity index is 391. The van der Waals surface area contributed by atoms with Gasteiger partial charge in [0, 0.05) is 25.6 Å². The molecule has 1 saturated heterocycles. The van der Waals surface area contributed by atoms with Gasteiger partial charge in [-0.2, -0.15) is 0 Å². The Morgan fingerprint density at radius 1 is 1.47 bits per heavy atom. The predicted molar refractivity (Wildman–Crippen MR) is 79.3 cm³/mol. The van der Waals surface area contributed by atoms with Gasteiger partial charge < -0.3 is 10.7 Å². The van der Waals surface area contributed by atoms with Crippen LogP contribution in [0.2, 0.25) is 5.15 Å². The van der Waals surface area contributed by atoms with Gasteiger partial charge in [-0.3, -0.25) is 4.90 Å². The highest BCUT2D eigenvalue weighted by Crippen LogP contribution is 2.18. The van der Waals surface area contributed by atoms with Gasteiger partial charge in [-0.25, -0.2) is 4.98 Å². The van der Waals surface area contributed by atoms with E-state index < -0.39 is 0 Å². The fraction of sp³-hybridized carbons (Fsp3) is 0.786. The van der Waals surface area contributed by atoms with E-state index in [4.69, 9.17) is 17.3 Å². The van der Waals surface area contributed by atoms with Crippen LogP contribution in [0.15, 0.2) is 0 Å². The molecule has 1 atom stereocenters. The molecule has 108 valence electrons. The molecule has 0 radical (unpaired) electrons. The number of hydrogen-bond acceptors (Lipinski definition) is 3. The van der Waals surface area contributed by atoms with Crippen molar-refractivity contribution in [3.05, 3.63) is 16.7 Å². The first-order valence-corrected chi connectivity index (χ1v) is 7.78. The zero-order valence-electron chi connectivity index (χ0n) is 11.8. The fourth-order valence-corrected chi connectivity index (χ4v) is 2.84. The van der Waals surface area contributed by atoms with Crippen LogP contribution in [0.5, 0.6) is 0 Å². The maximum absolute atomic E-state index is 6.22. The molecule has 1 unspecified atom stereocenters. The van der Waals surface area contributed by atoms with Crippen molar-refractivity contribution in [1.82, 2.24) is 14.9 Å². The number of rotatable bonds is 5. The van der Waals surface area contributed by atoms with Crippen molar-refractivity contribution in [1.29, 1.82) is 0 Å². The molecule has 3 N–H and O–H groups in total. The molecular formula is C14H25ClN4. The van der Waals surface area contributed by atoms with E-state index in [0.717, 1.165) is 50.4 Å². The van der Waals surface area contributed by atoms with E-state index in [1.807, 2.05) is 0 Å². The second-order valence-electron chi connectivity index (χ2n) is 5.55. The van der Waals surface area contributed by atoms with Gasteiger partial charge in [-0.05, 0) is 25.8 Å². The molecule has 5 heteroatoms. The molecule has 1 aliphatic heterocycles. The molecule has 4 nitrogen and oxygen atoms in total. The van der Waals surface area contributed by atoms with Crippen LogP contribution in [0.3, 0.4) is 0 Å². The summed E-state index contributed by atoms with van der Waals surface area (Å²) in [5, 5.41) is 0.629. The molecule has 0 saturated carbocycles. The summed E-state index contributed by atoms with van der Waals surface area (Å²) in [5.41, 5.74) is 7.13. The van der Waals surface area contributed by atoms with Crippen LogP contribution in [0.1, 0.15) is 50.5 Å². The quantitative estimate of drug-likeness (QED) is 0.874. The number of nitrogens with two attached hydrogens (primary N) is 1. The van der Waals surface area contributed by atoms with E-state index in [0.29, 0.717) is 11.2 Å². The molecule has 2 heterocycles. The highest BCUT2D eigenvalue weighted by atomic mass is 35.5.